The van der Waals surface area contributed by atoms with Gasteiger partial charge < -0.3 is 14.8 Å². The monoisotopic (exact) mass is 445 g/mol. The van der Waals surface area contributed by atoms with E-state index < -0.39 is 0 Å². The summed E-state index contributed by atoms with van der Waals surface area (Å²) in [6.45, 7) is 7.24. The summed E-state index contributed by atoms with van der Waals surface area (Å²) in [7, 11) is 1.62. The van der Waals surface area contributed by atoms with Crippen LogP contribution in [0.15, 0.2) is 34.8 Å². The zero-order valence-corrected chi connectivity index (χ0v) is 17.8. The average Bonchev–Trinajstić information content (AvgIpc) is 2.52. The van der Waals surface area contributed by atoms with Gasteiger partial charge in [0.05, 0.1) is 7.11 Å². The van der Waals surface area contributed by atoms with Crippen molar-refractivity contribution in [3.8, 4) is 11.5 Å². The van der Waals surface area contributed by atoms with E-state index in [-0.39, 0.29) is 12.1 Å². The Morgan fingerprint density at radius 3 is 2.24 bits per heavy atom. The standard InChI is InChI=1S/C19H22BrCl2NO2/c1-19(2,3)23-10-12-14(20)8-9-17(24-4)18(12)25-11-13-15(21)6-5-7-16(13)22/h5-9,23H,10-11H2,1-4H3. The molecule has 0 heterocycles. The Balaban J connectivity index is 2.33. The van der Waals surface area contributed by atoms with Crippen LogP contribution in [0.1, 0.15) is 31.9 Å². The molecule has 0 amide bonds. The summed E-state index contributed by atoms with van der Waals surface area (Å²) in [4.78, 5) is 0. The highest BCUT2D eigenvalue weighted by Gasteiger charge is 2.18. The van der Waals surface area contributed by atoms with Gasteiger partial charge in [-0.05, 0) is 45.0 Å². The van der Waals surface area contributed by atoms with Gasteiger partial charge in [0.2, 0.25) is 0 Å². The number of benzene rings is 2. The van der Waals surface area contributed by atoms with Crippen LogP contribution in [0.5, 0.6) is 11.5 Å². The third kappa shape index (κ3) is 5.52. The van der Waals surface area contributed by atoms with E-state index in [1.807, 2.05) is 18.2 Å². The smallest absolute Gasteiger partial charge is 0.167 e. The SMILES string of the molecule is COc1ccc(Br)c(CNC(C)(C)C)c1OCc1c(Cl)cccc1Cl. The number of nitrogens with one attached hydrogen (secondary N) is 1. The Bertz CT molecular complexity index is 725. The Morgan fingerprint density at radius 2 is 1.68 bits per heavy atom. The second-order valence-electron chi connectivity index (χ2n) is 6.65. The molecule has 1 N–H and O–H groups in total. The fourth-order valence-electron chi connectivity index (χ4n) is 2.23. The van der Waals surface area contributed by atoms with E-state index in [1.165, 1.54) is 0 Å². The maximum atomic E-state index is 6.24. The van der Waals surface area contributed by atoms with Crippen LogP contribution in [-0.2, 0) is 13.2 Å². The van der Waals surface area contributed by atoms with Crippen molar-refractivity contribution in [2.24, 2.45) is 0 Å². The van der Waals surface area contributed by atoms with Crippen molar-refractivity contribution < 1.29 is 9.47 Å². The van der Waals surface area contributed by atoms with E-state index in [2.05, 4.69) is 42.0 Å². The second kappa shape index (κ2) is 8.63. The van der Waals surface area contributed by atoms with Gasteiger partial charge in [0.25, 0.3) is 0 Å². The minimum absolute atomic E-state index is 0.0220. The molecule has 2 aromatic carbocycles. The molecular formula is C19H22BrCl2NO2. The molecule has 136 valence electrons. The maximum Gasteiger partial charge on any atom is 0.167 e. The molecular weight excluding hydrogens is 425 g/mol. The Labute approximate surface area is 167 Å². The summed E-state index contributed by atoms with van der Waals surface area (Å²) in [6, 6.07) is 9.23. The zero-order valence-electron chi connectivity index (χ0n) is 14.8. The van der Waals surface area contributed by atoms with E-state index >= 15 is 0 Å². The first-order chi connectivity index (χ1) is 11.7. The predicted octanol–water partition coefficient (Wildman–Crippen LogP) is 6.23. The molecule has 0 saturated heterocycles. The van der Waals surface area contributed by atoms with Gasteiger partial charge in [0.15, 0.2) is 11.5 Å². The summed E-state index contributed by atoms with van der Waals surface area (Å²) in [5, 5.41) is 4.63. The fourth-order valence-corrected chi connectivity index (χ4v) is 3.19. The van der Waals surface area contributed by atoms with E-state index in [0.717, 1.165) is 15.6 Å². The van der Waals surface area contributed by atoms with Gasteiger partial charge in [-0.3, -0.25) is 0 Å². The Hall–Kier alpha value is -0.940. The number of ether oxygens (including phenoxy) is 2. The minimum atomic E-state index is -0.0220. The lowest BCUT2D eigenvalue weighted by atomic mass is 10.1. The first kappa shape index (κ1) is 20.4. The first-order valence-electron chi connectivity index (χ1n) is 7.89. The third-order valence-electron chi connectivity index (χ3n) is 3.61. The van der Waals surface area contributed by atoms with E-state index in [0.29, 0.717) is 28.1 Å². The maximum absolute atomic E-state index is 6.24. The molecule has 25 heavy (non-hydrogen) atoms. The van der Waals surface area contributed by atoms with Gasteiger partial charge >= 0.3 is 0 Å². The highest BCUT2D eigenvalue weighted by atomic mass is 79.9. The summed E-state index contributed by atoms with van der Waals surface area (Å²) >= 11 is 16.1. The van der Waals surface area contributed by atoms with Gasteiger partial charge in [-0.15, -0.1) is 0 Å². The lowest BCUT2D eigenvalue weighted by Gasteiger charge is -2.23. The molecule has 0 fully saturated rings. The molecule has 2 aromatic rings. The number of methoxy groups -OCH3 is 1. The van der Waals surface area contributed by atoms with Crippen LogP contribution in [0, 0.1) is 0 Å². The molecule has 0 spiro atoms. The summed E-state index contributed by atoms with van der Waals surface area (Å²) < 4.78 is 12.5. The van der Waals surface area contributed by atoms with Gasteiger partial charge in [-0.1, -0.05) is 45.2 Å². The molecule has 0 aliphatic rings. The van der Waals surface area contributed by atoms with Crippen LogP contribution in [0.4, 0.5) is 0 Å². The number of hydrogen-bond donors (Lipinski definition) is 1. The van der Waals surface area contributed by atoms with Crippen LogP contribution in [0.25, 0.3) is 0 Å². The molecule has 0 aliphatic carbocycles. The summed E-state index contributed by atoms with van der Waals surface area (Å²) in [5.74, 6) is 1.33. The lowest BCUT2D eigenvalue weighted by molar-refractivity contribution is 0.279. The minimum Gasteiger partial charge on any atom is -0.493 e. The lowest BCUT2D eigenvalue weighted by Crippen LogP contribution is -2.35. The largest absolute Gasteiger partial charge is 0.493 e. The Morgan fingerprint density at radius 1 is 1.04 bits per heavy atom. The summed E-state index contributed by atoms with van der Waals surface area (Å²) in [5.41, 5.74) is 1.71. The topological polar surface area (TPSA) is 30.5 Å². The molecule has 0 saturated carbocycles. The van der Waals surface area contributed by atoms with Crippen LogP contribution < -0.4 is 14.8 Å². The number of halogens is 3. The highest BCUT2D eigenvalue weighted by Crippen LogP contribution is 2.38. The van der Waals surface area contributed by atoms with Crippen molar-refractivity contribution in [2.45, 2.75) is 39.5 Å². The molecule has 2 rings (SSSR count). The number of rotatable bonds is 6. The van der Waals surface area contributed by atoms with Gasteiger partial charge in [-0.2, -0.15) is 0 Å². The fraction of sp³-hybridized carbons (Fsp3) is 0.368. The Kier molecular flexibility index (Phi) is 7.03. The van der Waals surface area contributed by atoms with E-state index in [1.54, 1.807) is 19.2 Å². The molecule has 0 atom stereocenters. The quantitative estimate of drug-likeness (QED) is 0.570. The molecule has 0 aliphatic heterocycles. The molecule has 0 aromatic heterocycles. The number of hydrogen-bond acceptors (Lipinski definition) is 3. The molecule has 6 heteroatoms. The molecule has 0 unspecified atom stereocenters. The van der Waals surface area contributed by atoms with Crippen molar-refractivity contribution in [3.63, 3.8) is 0 Å². The molecule has 0 bridgehead atoms. The van der Waals surface area contributed by atoms with E-state index in [4.69, 9.17) is 32.7 Å². The van der Waals surface area contributed by atoms with Gasteiger partial charge in [0.1, 0.15) is 6.61 Å². The van der Waals surface area contributed by atoms with Crippen molar-refractivity contribution in [3.05, 3.63) is 56.0 Å². The molecule has 0 radical (unpaired) electrons. The predicted molar refractivity (Wildman–Crippen MR) is 108 cm³/mol. The van der Waals surface area contributed by atoms with Crippen LogP contribution in [0.2, 0.25) is 10.0 Å². The normalized spacial score (nSPS) is 11.5. The van der Waals surface area contributed by atoms with Gasteiger partial charge in [-0.25, -0.2) is 0 Å². The van der Waals surface area contributed by atoms with E-state index in [9.17, 15) is 0 Å². The average molecular weight is 447 g/mol. The van der Waals surface area contributed by atoms with Crippen LogP contribution in [0.3, 0.4) is 0 Å². The van der Waals surface area contributed by atoms with Crippen molar-refractivity contribution in [1.29, 1.82) is 0 Å². The van der Waals surface area contributed by atoms with Crippen LogP contribution in [-0.4, -0.2) is 12.6 Å². The molecule has 3 nitrogen and oxygen atoms in total. The van der Waals surface area contributed by atoms with Crippen molar-refractivity contribution in [2.75, 3.05) is 7.11 Å². The second-order valence-corrected chi connectivity index (χ2v) is 8.32. The first-order valence-corrected chi connectivity index (χ1v) is 9.44. The van der Waals surface area contributed by atoms with Gasteiger partial charge in [0, 0.05) is 37.7 Å². The highest BCUT2D eigenvalue weighted by molar-refractivity contribution is 9.10. The zero-order chi connectivity index (χ0) is 18.6. The van der Waals surface area contributed by atoms with Crippen molar-refractivity contribution >= 4 is 39.1 Å². The van der Waals surface area contributed by atoms with Crippen molar-refractivity contribution in [1.82, 2.24) is 5.32 Å². The third-order valence-corrected chi connectivity index (χ3v) is 5.06. The van der Waals surface area contributed by atoms with Crippen LogP contribution >= 0.6 is 39.1 Å². The summed E-state index contributed by atoms with van der Waals surface area (Å²) in [6.07, 6.45) is 0.